The number of nitrogens with zero attached hydrogens (tertiary/aromatic N) is 4. The van der Waals surface area contributed by atoms with E-state index in [1.54, 1.807) is 60.7 Å². The molecule has 16 heteroatoms. The summed E-state index contributed by atoms with van der Waals surface area (Å²) in [4.78, 5) is 12.8. The van der Waals surface area contributed by atoms with Gasteiger partial charge in [-0.15, -0.1) is 28.0 Å². The van der Waals surface area contributed by atoms with Gasteiger partial charge in [-0.25, -0.2) is 0 Å². The summed E-state index contributed by atoms with van der Waals surface area (Å²) in [5.74, 6) is -1.12. The number of carbonyl (C=O) groups excluding carboxylic acids is 1. The number of phenols is 1. The number of phenolic OH excluding ortho intramolecular Hbond substituents is 1. The van der Waals surface area contributed by atoms with Gasteiger partial charge in [-0.3, -0.25) is 13.9 Å². The number of thiol groups is 1. The zero-order chi connectivity index (χ0) is 34.9. The first-order valence-corrected chi connectivity index (χ1v) is 17.4. The molecule has 0 bridgehead atoms. The quantitative estimate of drug-likeness (QED) is 0.0585. The Hall–Kier alpha value is -5.52. The van der Waals surface area contributed by atoms with Crippen molar-refractivity contribution < 1.29 is 35.8 Å². The number of rotatable bonds is 8. The van der Waals surface area contributed by atoms with Crippen molar-refractivity contribution in [2.45, 2.75) is 14.7 Å². The van der Waals surface area contributed by atoms with Crippen LogP contribution in [0.1, 0.15) is 10.4 Å². The lowest BCUT2D eigenvalue weighted by Crippen LogP contribution is -2.12. The molecule has 0 saturated carbocycles. The molecule has 0 saturated heterocycles. The predicted octanol–water partition coefficient (Wildman–Crippen LogP) is 8.56. The smallest absolute Gasteiger partial charge is 0.295 e. The minimum atomic E-state index is -4.75. The summed E-state index contributed by atoms with van der Waals surface area (Å²) in [5, 5.41) is 31.3. The molecule has 1 amide bonds. The number of anilines is 1. The number of fused-ring (bicyclic) bond motifs is 2. The number of azo groups is 2. The van der Waals surface area contributed by atoms with Crippen LogP contribution in [-0.2, 0) is 20.2 Å². The van der Waals surface area contributed by atoms with E-state index in [0.29, 0.717) is 22.3 Å². The minimum Gasteiger partial charge on any atom is -0.505 e. The summed E-state index contributed by atoms with van der Waals surface area (Å²) >= 11 is 4.25. The lowest BCUT2D eigenvalue weighted by molar-refractivity contribution is 0.102. The zero-order valence-corrected chi connectivity index (χ0v) is 27.4. The molecule has 0 fully saturated rings. The highest BCUT2D eigenvalue weighted by Crippen LogP contribution is 2.43. The Morgan fingerprint density at radius 2 is 1.24 bits per heavy atom. The van der Waals surface area contributed by atoms with Gasteiger partial charge in [-0.05, 0) is 78.9 Å². The van der Waals surface area contributed by atoms with E-state index in [4.69, 9.17) is 0 Å². The van der Waals surface area contributed by atoms with Crippen LogP contribution in [0, 0.1) is 0 Å². The third-order valence-electron chi connectivity index (χ3n) is 7.28. The van der Waals surface area contributed by atoms with Gasteiger partial charge in [0.25, 0.3) is 26.1 Å². The van der Waals surface area contributed by atoms with Crippen LogP contribution in [0.2, 0.25) is 0 Å². The summed E-state index contributed by atoms with van der Waals surface area (Å²) in [6.45, 7) is 0. The first-order valence-electron chi connectivity index (χ1n) is 14.1. The Kier molecular flexibility index (Phi) is 8.98. The Bertz CT molecular complexity index is 2560. The van der Waals surface area contributed by atoms with Crippen molar-refractivity contribution in [1.29, 1.82) is 0 Å². The number of carbonyl (C=O) groups is 1. The molecule has 0 spiro atoms. The fourth-order valence-electron chi connectivity index (χ4n) is 4.95. The van der Waals surface area contributed by atoms with Crippen molar-refractivity contribution in [3.63, 3.8) is 0 Å². The molecule has 6 aromatic carbocycles. The molecule has 0 unspecified atom stereocenters. The topological polar surface area (TPSA) is 208 Å². The van der Waals surface area contributed by atoms with E-state index < -0.39 is 41.7 Å². The Labute approximate surface area is 284 Å². The average molecular weight is 714 g/mol. The molecule has 6 aromatic rings. The lowest BCUT2D eigenvalue weighted by atomic mass is 10.1. The Balaban J connectivity index is 1.46. The molecule has 0 aliphatic heterocycles. The summed E-state index contributed by atoms with van der Waals surface area (Å²) in [6, 6.07) is 26.8. The number of amides is 1. The van der Waals surface area contributed by atoms with Gasteiger partial charge < -0.3 is 10.4 Å². The van der Waals surface area contributed by atoms with Crippen LogP contribution in [0.5, 0.6) is 5.75 Å². The van der Waals surface area contributed by atoms with Gasteiger partial charge in [-0.1, -0.05) is 30.3 Å². The molecule has 0 aliphatic rings. The van der Waals surface area contributed by atoms with Crippen LogP contribution in [0.4, 0.5) is 28.4 Å². The monoisotopic (exact) mass is 713 g/mol. The normalized spacial score (nSPS) is 12.3. The van der Waals surface area contributed by atoms with E-state index in [1.165, 1.54) is 42.5 Å². The van der Waals surface area contributed by atoms with Crippen molar-refractivity contribution in [2.75, 3.05) is 5.32 Å². The van der Waals surface area contributed by atoms with E-state index in [-0.39, 0.29) is 33.2 Å². The van der Waals surface area contributed by atoms with E-state index in [0.717, 1.165) is 11.0 Å². The van der Waals surface area contributed by atoms with Gasteiger partial charge in [0.15, 0.2) is 5.75 Å². The van der Waals surface area contributed by atoms with Crippen LogP contribution in [-0.4, -0.2) is 37.0 Å². The number of hydrogen-bond donors (Lipinski definition) is 5. The first-order chi connectivity index (χ1) is 23.3. The fraction of sp³-hybridized carbons (Fsp3) is 0. The van der Waals surface area contributed by atoms with Gasteiger partial charge in [0.05, 0.1) is 33.0 Å². The molecule has 13 nitrogen and oxygen atoms in total. The molecule has 0 aliphatic carbocycles. The van der Waals surface area contributed by atoms with E-state index in [9.17, 15) is 35.8 Å². The van der Waals surface area contributed by atoms with Crippen LogP contribution < -0.4 is 5.32 Å². The molecule has 4 N–H and O–H groups in total. The van der Waals surface area contributed by atoms with E-state index in [2.05, 4.69) is 38.4 Å². The molecule has 246 valence electrons. The first kappa shape index (κ1) is 33.4. The minimum absolute atomic E-state index is 0.0211. The van der Waals surface area contributed by atoms with E-state index >= 15 is 0 Å². The van der Waals surface area contributed by atoms with Crippen LogP contribution in [0.15, 0.2) is 144 Å². The van der Waals surface area contributed by atoms with Gasteiger partial charge in [0.1, 0.15) is 10.6 Å². The highest BCUT2D eigenvalue weighted by Gasteiger charge is 2.21. The van der Waals surface area contributed by atoms with Crippen molar-refractivity contribution in [3.05, 3.63) is 115 Å². The Morgan fingerprint density at radius 3 is 1.92 bits per heavy atom. The third kappa shape index (κ3) is 7.18. The Morgan fingerprint density at radius 1 is 0.633 bits per heavy atom. The lowest BCUT2D eigenvalue weighted by Gasteiger charge is -2.13. The summed E-state index contributed by atoms with van der Waals surface area (Å²) < 4.78 is 67.9. The largest absolute Gasteiger partial charge is 0.505 e. The van der Waals surface area contributed by atoms with E-state index in [1.807, 2.05) is 0 Å². The number of nitrogens with one attached hydrogen (secondary N) is 1. The van der Waals surface area contributed by atoms with Crippen molar-refractivity contribution >= 4 is 88.8 Å². The van der Waals surface area contributed by atoms with Gasteiger partial charge in [-0.2, -0.15) is 21.9 Å². The molecular weight excluding hydrogens is 691 g/mol. The predicted molar refractivity (Wildman–Crippen MR) is 186 cm³/mol. The maximum absolute atomic E-state index is 13.0. The second kappa shape index (κ2) is 13.2. The van der Waals surface area contributed by atoms with Crippen LogP contribution in [0.25, 0.3) is 21.5 Å². The molecule has 0 radical (unpaired) electrons. The number of aromatic hydroxyl groups is 1. The zero-order valence-electron chi connectivity index (χ0n) is 24.8. The molecular formula is C33H23N5O8S3. The van der Waals surface area contributed by atoms with Gasteiger partial charge in [0, 0.05) is 26.6 Å². The summed E-state index contributed by atoms with van der Waals surface area (Å²) in [7, 11) is -9.36. The fourth-order valence-corrected chi connectivity index (χ4v) is 6.30. The number of hydrogen-bond acceptors (Lipinski definition) is 11. The molecule has 0 heterocycles. The third-order valence-corrected chi connectivity index (χ3v) is 9.34. The second-order valence-corrected chi connectivity index (χ2v) is 13.8. The van der Waals surface area contributed by atoms with Crippen LogP contribution >= 0.6 is 12.6 Å². The highest BCUT2D eigenvalue weighted by atomic mass is 32.2. The van der Waals surface area contributed by atoms with Gasteiger partial charge in [0.2, 0.25) is 0 Å². The van der Waals surface area contributed by atoms with Crippen molar-refractivity contribution in [2.24, 2.45) is 20.5 Å². The number of benzene rings is 6. The molecule has 0 atom stereocenters. The summed E-state index contributed by atoms with van der Waals surface area (Å²) in [6.07, 6.45) is 0. The summed E-state index contributed by atoms with van der Waals surface area (Å²) in [5.41, 5.74) is 1.14. The van der Waals surface area contributed by atoms with Crippen molar-refractivity contribution in [3.8, 4) is 5.75 Å². The van der Waals surface area contributed by atoms with Gasteiger partial charge >= 0.3 is 0 Å². The van der Waals surface area contributed by atoms with Crippen molar-refractivity contribution in [1.82, 2.24) is 0 Å². The second-order valence-electron chi connectivity index (χ2n) is 10.5. The molecule has 6 rings (SSSR count). The SMILES string of the molecule is O=C(Nc1ccc(S(=O)(=O)O)c2ccc(N=Nc3ccc(N=Nc4ccc(S)cc4)c4ccc(S(=O)(=O)O)cc34)c(O)c12)c1ccccc1. The highest BCUT2D eigenvalue weighted by molar-refractivity contribution is 7.86. The maximum Gasteiger partial charge on any atom is 0.295 e. The average Bonchev–Trinajstić information content (AvgIpc) is 3.07. The van der Waals surface area contributed by atoms with Crippen LogP contribution in [0.3, 0.4) is 0 Å². The maximum atomic E-state index is 13.0. The molecule has 0 aromatic heterocycles. The molecule has 49 heavy (non-hydrogen) atoms. The standard InChI is InChI=1S/C33H23N5O8S3/c39-32-29(13-12-24-30(49(44,45)46)17-16-28(31(24)32)34-33(40)19-4-2-1-3-5-19)38-37-27-15-14-26(36-35-20-6-8-21(47)9-7-20)23-11-10-22(18-25(23)27)48(41,42)43/h1-18,39,47H,(H,34,40)(H,41,42,43)(H,44,45,46).